The number of carbonyl (C=O) groups excluding carboxylic acids is 2. The van der Waals surface area contributed by atoms with E-state index in [9.17, 15) is 9.59 Å². The number of rotatable bonds is 9. The minimum absolute atomic E-state index is 0.00484. The highest BCUT2D eigenvalue weighted by Gasteiger charge is 2.27. The van der Waals surface area contributed by atoms with Gasteiger partial charge in [-0.3, -0.25) is 9.59 Å². The standard InChI is InChI=1S/C13H25NO6/c1-8(12(6-14)17-5)20-13(7-18-10(3)15)9(2)19-11(4)16/h8-9,12-13H,6-7,14H2,1-5H3/t8?,9-,12+,13?/m1/s1. The van der Waals surface area contributed by atoms with E-state index in [1.807, 2.05) is 0 Å². The largest absolute Gasteiger partial charge is 0.463 e. The summed E-state index contributed by atoms with van der Waals surface area (Å²) < 4.78 is 20.9. The number of methoxy groups -OCH3 is 1. The molecule has 0 aliphatic carbocycles. The fourth-order valence-electron chi connectivity index (χ4n) is 1.67. The quantitative estimate of drug-likeness (QED) is 0.608. The van der Waals surface area contributed by atoms with Gasteiger partial charge in [0, 0.05) is 27.5 Å². The molecule has 0 heterocycles. The highest BCUT2D eigenvalue weighted by Crippen LogP contribution is 2.12. The Morgan fingerprint density at radius 2 is 1.65 bits per heavy atom. The molecule has 2 unspecified atom stereocenters. The van der Waals surface area contributed by atoms with Crippen LogP contribution >= 0.6 is 0 Å². The van der Waals surface area contributed by atoms with E-state index in [1.165, 1.54) is 21.0 Å². The van der Waals surface area contributed by atoms with E-state index >= 15 is 0 Å². The van der Waals surface area contributed by atoms with Crippen LogP contribution < -0.4 is 5.73 Å². The summed E-state index contributed by atoms with van der Waals surface area (Å²) in [6.45, 7) is 6.36. The van der Waals surface area contributed by atoms with Gasteiger partial charge in [0.1, 0.15) is 18.8 Å². The topological polar surface area (TPSA) is 97.1 Å². The van der Waals surface area contributed by atoms with Crippen molar-refractivity contribution in [1.29, 1.82) is 0 Å². The first-order valence-corrected chi connectivity index (χ1v) is 6.50. The third-order valence-electron chi connectivity index (χ3n) is 2.77. The Hall–Kier alpha value is -1.18. The van der Waals surface area contributed by atoms with Crippen LogP contribution in [-0.2, 0) is 28.5 Å². The van der Waals surface area contributed by atoms with Crippen LogP contribution in [0.4, 0.5) is 0 Å². The van der Waals surface area contributed by atoms with Crippen molar-refractivity contribution in [2.75, 3.05) is 20.3 Å². The molecule has 0 spiro atoms. The predicted octanol–water partition coefficient (Wildman–Crippen LogP) is 0.249. The molecular formula is C13H25NO6. The molecule has 0 amide bonds. The maximum absolute atomic E-state index is 11.0. The van der Waals surface area contributed by atoms with Gasteiger partial charge in [0.05, 0.1) is 12.2 Å². The van der Waals surface area contributed by atoms with E-state index in [0.29, 0.717) is 6.54 Å². The smallest absolute Gasteiger partial charge is 0.302 e. The Morgan fingerprint density at radius 3 is 2.05 bits per heavy atom. The van der Waals surface area contributed by atoms with Gasteiger partial charge in [-0.25, -0.2) is 0 Å². The third-order valence-corrected chi connectivity index (χ3v) is 2.77. The molecule has 0 radical (unpaired) electrons. The number of carbonyl (C=O) groups is 2. The number of hydrogen-bond donors (Lipinski definition) is 1. The Labute approximate surface area is 119 Å². The summed E-state index contributed by atoms with van der Waals surface area (Å²) in [4.78, 5) is 21.9. The van der Waals surface area contributed by atoms with Crippen LogP contribution in [0.3, 0.4) is 0 Å². The summed E-state index contributed by atoms with van der Waals surface area (Å²) in [7, 11) is 1.54. The van der Waals surface area contributed by atoms with Crippen molar-refractivity contribution in [3.05, 3.63) is 0 Å². The van der Waals surface area contributed by atoms with Gasteiger partial charge in [0.2, 0.25) is 0 Å². The van der Waals surface area contributed by atoms with Gasteiger partial charge in [-0.05, 0) is 13.8 Å². The van der Waals surface area contributed by atoms with Gasteiger partial charge in [-0.1, -0.05) is 0 Å². The molecule has 7 nitrogen and oxygen atoms in total. The van der Waals surface area contributed by atoms with Crippen molar-refractivity contribution in [2.24, 2.45) is 5.73 Å². The molecule has 0 aromatic carbocycles. The molecule has 2 N–H and O–H groups in total. The fraction of sp³-hybridized carbons (Fsp3) is 0.846. The second-order valence-electron chi connectivity index (χ2n) is 4.51. The Bertz CT molecular complexity index is 305. The maximum atomic E-state index is 11.0. The number of ether oxygens (including phenoxy) is 4. The van der Waals surface area contributed by atoms with Crippen LogP contribution in [0.2, 0.25) is 0 Å². The molecular weight excluding hydrogens is 266 g/mol. The minimum Gasteiger partial charge on any atom is -0.463 e. The zero-order valence-electron chi connectivity index (χ0n) is 12.8. The summed E-state index contributed by atoms with van der Waals surface area (Å²) in [6.07, 6.45) is -1.76. The lowest BCUT2D eigenvalue weighted by Gasteiger charge is -2.29. The zero-order chi connectivity index (χ0) is 15.7. The van der Waals surface area contributed by atoms with E-state index in [4.69, 9.17) is 24.7 Å². The Morgan fingerprint density at radius 1 is 1.05 bits per heavy atom. The molecule has 0 fully saturated rings. The van der Waals surface area contributed by atoms with Crippen molar-refractivity contribution in [2.45, 2.75) is 52.1 Å². The molecule has 0 aliphatic heterocycles. The minimum atomic E-state index is -0.581. The first-order valence-electron chi connectivity index (χ1n) is 6.50. The fourth-order valence-corrected chi connectivity index (χ4v) is 1.67. The van der Waals surface area contributed by atoms with Crippen LogP contribution in [0.5, 0.6) is 0 Å². The van der Waals surface area contributed by atoms with Crippen LogP contribution in [0, 0.1) is 0 Å². The van der Waals surface area contributed by atoms with Crippen molar-refractivity contribution in [3.8, 4) is 0 Å². The maximum Gasteiger partial charge on any atom is 0.302 e. The predicted molar refractivity (Wildman–Crippen MR) is 72.0 cm³/mol. The Kier molecular flexibility index (Phi) is 9.11. The van der Waals surface area contributed by atoms with Crippen LogP contribution in [-0.4, -0.2) is 56.6 Å². The molecule has 0 saturated carbocycles. The molecule has 7 heteroatoms. The summed E-state index contributed by atoms with van der Waals surface area (Å²) in [5.41, 5.74) is 5.56. The highest BCUT2D eigenvalue weighted by atomic mass is 16.6. The molecule has 118 valence electrons. The average molecular weight is 291 g/mol. The van der Waals surface area contributed by atoms with Crippen LogP contribution in [0.15, 0.2) is 0 Å². The lowest BCUT2D eigenvalue weighted by atomic mass is 10.2. The molecule has 0 aliphatic rings. The number of nitrogens with two attached hydrogens (primary N) is 1. The van der Waals surface area contributed by atoms with Gasteiger partial charge in [-0.15, -0.1) is 0 Å². The second-order valence-corrected chi connectivity index (χ2v) is 4.51. The van der Waals surface area contributed by atoms with E-state index in [1.54, 1.807) is 13.8 Å². The molecule has 0 rings (SSSR count). The summed E-state index contributed by atoms with van der Waals surface area (Å²) in [5.74, 6) is -0.855. The van der Waals surface area contributed by atoms with Crippen molar-refractivity contribution < 1.29 is 28.5 Å². The van der Waals surface area contributed by atoms with Crippen molar-refractivity contribution in [1.82, 2.24) is 0 Å². The highest BCUT2D eigenvalue weighted by molar-refractivity contribution is 5.66. The normalized spacial score (nSPS) is 16.9. The molecule has 0 saturated heterocycles. The summed E-state index contributed by atoms with van der Waals surface area (Å²) >= 11 is 0. The molecule has 4 atom stereocenters. The molecule has 0 bridgehead atoms. The van der Waals surface area contributed by atoms with E-state index in [-0.39, 0.29) is 18.8 Å². The SMILES string of the molecule is CO[C@@H](CN)C(C)OC(COC(C)=O)[C@@H](C)OC(C)=O. The Balaban J connectivity index is 4.65. The summed E-state index contributed by atoms with van der Waals surface area (Å²) in [6, 6.07) is 0. The van der Waals surface area contributed by atoms with E-state index in [0.717, 1.165) is 0 Å². The first-order chi connectivity index (χ1) is 9.31. The lowest BCUT2D eigenvalue weighted by Crippen LogP contribution is -2.43. The monoisotopic (exact) mass is 291 g/mol. The third kappa shape index (κ3) is 7.42. The second kappa shape index (κ2) is 9.68. The number of hydrogen-bond acceptors (Lipinski definition) is 7. The average Bonchev–Trinajstić information content (AvgIpc) is 2.34. The van der Waals surface area contributed by atoms with Crippen molar-refractivity contribution in [3.63, 3.8) is 0 Å². The van der Waals surface area contributed by atoms with Crippen LogP contribution in [0.25, 0.3) is 0 Å². The van der Waals surface area contributed by atoms with Gasteiger partial charge in [0.25, 0.3) is 0 Å². The molecule has 0 aromatic heterocycles. The van der Waals surface area contributed by atoms with Crippen LogP contribution in [0.1, 0.15) is 27.7 Å². The first kappa shape index (κ1) is 18.8. The van der Waals surface area contributed by atoms with Gasteiger partial charge >= 0.3 is 11.9 Å². The van der Waals surface area contributed by atoms with Gasteiger partial charge in [0.15, 0.2) is 0 Å². The lowest BCUT2D eigenvalue weighted by molar-refractivity contribution is -0.171. The molecule has 20 heavy (non-hydrogen) atoms. The van der Waals surface area contributed by atoms with E-state index in [2.05, 4.69) is 0 Å². The molecule has 0 aromatic rings. The summed E-state index contributed by atoms with van der Waals surface area (Å²) in [5, 5.41) is 0. The van der Waals surface area contributed by atoms with Gasteiger partial charge < -0.3 is 24.7 Å². The van der Waals surface area contributed by atoms with Crippen molar-refractivity contribution >= 4 is 11.9 Å². The van der Waals surface area contributed by atoms with Gasteiger partial charge in [-0.2, -0.15) is 0 Å². The van der Waals surface area contributed by atoms with E-state index < -0.39 is 24.1 Å². The zero-order valence-corrected chi connectivity index (χ0v) is 12.8. The number of esters is 2.